The summed E-state index contributed by atoms with van der Waals surface area (Å²) in [6.45, 7) is 0.129. The summed E-state index contributed by atoms with van der Waals surface area (Å²) in [5, 5.41) is 29.6. The topological polar surface area (TPSA) is 157 Å². The van der Waals surface area contributed by atoms with Crippen molar-refractivity contribution in [3.63, 3.8) is 0 Å². The molecule has 1 fully saturated rings. The lowest BCUT2D eigenvalue weighted by molar-refractivity contribution is -0.142. The molecule has 0 aliphatic carbocycles. The van der Waals surface area contributed by atoms with Crippen LogP contribution in [0.4, 0.5) is 0 Å². The molecule has 3 atom stereocenters. The minimum Gasteiger partial charge on any atom is -0.481 e. The van der Waals surface area contributed by atoms with E-state index in [9.17, 15) is 19.2 Å². The minimum atomic E-state index is -1.29. The van der Waals surface area contributed by atoms with E-state index >= 15 is 0 Å². The molecular weight excluding hydrogens is 376 g/mol. The van der Waals surface area contributed by atoms with Crippen molar-refractivity contribution in [2.24, 2.45) is 5.92 Å². The van der Waals surface area contributed by atoms with Gasteiger partial charge in [0.2, 0.25) is 0 Å². The number of carboxylic acids is 3. The number of halogens is 1. The molecule has 0 amide bonds. The number of carbonyl (C=O) groups is 3. The third-order valence-electron chi connectivity index (χ3n) is 3.75. The van der Waals surface area contributed by atoms with Crippen LogP contribution < -0.4 is 10.9 Å². The molecule has 126 valence electrons. The first-order valence-electron chi connectivity index (χ1n) is 6.45. The maximum Gasteiger partial charge on any atom is 0.352 e. The number of carboxylic acid groups (broad SMARTS) is 3. The molecule has 0 unspecified atom stereocenters. The van der Waals surface area contributed by atoms with Crippen molar-refractivity contribution in [3.8, 4) is 0 Å². The second-order valence-electron chi connectivity index (χ2n) is 5.05. The number of rotatable bonds is 5. The summed E-state index contributed by atoms with van der Waals surface area (Å²) in [4.78, 5) is 47.1. The summed E-state index contributed by atoms with van der Waals surface area (Å²) in [5.74, 6) is -5.06. The summed E-state index contributed by atoms with van der Waals surface area (Å²) in [7, 11) is 0. The zero-order chi connectivity index (χ0) is 16.4. The highest BCUT2D eigenvalue weighted by Gasteiger charge is 2.42. The monoisotopic (exact) mass is 390 g/mol. The van der Waals surface area contributed by atoms with E-state index in [1.807, 2.05) is 0 Å². The Kier molecular flexibility index (Phi) is 6.05. The third-order valence-corrected chi connectivity index (χ3v) is 3.75. The Morgan fingerprint density at radius 2 is 1.83 bits per heavy atom. The van der Waals surface area contributed by atoms with E-state index in [4.69, 9.17) is 15.3 Å². The average molecular weight is 391 g/mol. The molecular formula is C13H15BrN2O7. The summed E-state index contributed by atoms with van der Waals surface area (Å²) >= 11 is 0. The van der Waals surface area contributed by atoms with Gasteiger partial charge in [-0.05, 0) is 6.07 Å². The fraction of sp³-hybridized carbons (Fsp3) is 0.385. The molecule has 1 aliphatic heterocycles. The SMILES string of the molecule is Br.O=C(O)C[C@@H]1[C@@H](C(=O)O)NC[C@@H]1c1ccc(C(=O)O)[nH]c1=O. The number of nitrogens with one attached hydrogen (secondary N) is 2. The van der Waals surface area contributed by atoms with E-state index in [1.54, 1.807) is 0 Å². The number of hydrogen-bond acceptors (Lipinski definition) is 5. The van der Waals surface area contributed by atoms with Crippen LogP contribution in [0, 0.1) is 5.92 Å². The van der Waals surface area contributed by atoms with Crippen LogP contribution in [0.5, 0.6) is 0 Å². The molecule has 1 saturated heterocycles. The standard InChI is InChI=1S/C13H14N2O7.BrH/c16-9(17)3-6-7(4-14-10(6)13(21)22)5-1-2-8(12(19)20)15-11(5)18;/h1-2,6-7,10,14H,3-4H2,(H,15,18)(H,16,17)(H,19,20)(H,21,22);1H/t6-,7+,10-;/m0./s1. The van der Waals surface area contributed by atoms with E-state index < -0.39 is 47.8 Å². The van der Waals surface area contributed by atoms with Crippen LogP contribution in [0.15, 0.2) is 16.9 Å². The van der Waals surface area contributed by atoms with Crippen LogP contribution in [-0.4, -0.2) is 50.8 Å². The van der Waals surface area contributed by atoms with Crippen LogP contribution >= 0.6 is 17.0 Å². The van der Waals surface area contributed by atoms with E-state index in [1.165, 1.54) is 12.1 Å². The van der Waals surface area contributed by atoms with Crippen molar-refractivity contribution in [1.29, 1.82) is 0 Å². The second kappa shape index (κ2) is 7.38. The van der Waals surface area contributed by atoms with Crippen LogP contribution in [0.25, 0.3) is 0 Å². The van der Waals surface area contributed by atoms with Crippen LogP contribution in [0.1, 0.15) is 28.4 Å². The minimum absolute atomic E-state index is 0. The summed E-state index contributed by atoms with van der Waals surface area (Å²) in [6.07, 6.45) is -0.408. The van der Waals surface area contributed by atoms with Gasteiger partial charge >= 0.3 is 17.9 Å². The Labute approximate surface area is 140 Å². The Morgan fingerprint density at radius 1 is 1.17 bits per heavy atom. The molecule has 0 radical (unpaired) electrons. The van der Waals surface area contributed by atoms with Crippen molar-refractivity contribution >= 4 is 34.9 Å². The van der Waals surface area contributed by atoms with Gasteiger partial charge in [-0.1, -0.05) is 6.07 Å². The molecule has 2 rings (SSSR count). The Morgan fingerprint density at radius 3 is 2.30 bits per heavy atom. The molecule has 1 aromatic heterocycles. The zero-order valence-corrected chi connectivity index (χ0v) is 13.4. The van der Waals surface area contributed by atoms with Crippen molar-refractivity contribution in [3.05, 3.63) is 33.7 Å². The second-order valence-corrected chi connectivity index (χ2v) is 5.05. The molecule has 0 spiro atoms. The molecule has 0 bridgehead atoms. The zero-order valence-electron chi connectivity index (χ0n) is 11.7. The molecule has 2 heterocycles. The van der Waals surface area contributed by atoms with Crippen LogP contribution in [-0.2, 0) is 9.59 Å². The van der Waals surface area contributed by atoms with Crippen LogP contribution in [0.2, 0.25) is 0 Å². The fourth-order valence-corrected chi connectivity index (χ4v) is 2.76. The van der Waals surface area contributed by atoms with Gasteiger partial charge in [0.15, 0.2) is 0 Å². The maximum atomic E-state index is 12.0. The van der Waals surface area contributed by atoms with E-state index in [-0.39, 0.29) is 34.8 Å². The number of aromatic carboxylic acids is 1. The summed E-state index contributed by atoms with van der Waals surface area (Å²) < 4.78 is 0. The van der Waals surface area contributed by atoms with Gasteiger partial charge in [0.1, 0.15) is 11.7 Å². The molecule has 1 aromatic rings. The lowest BCUT2D eigenvalue weighted by Crippen LogP contribution is -2.37. The number of hydrogen-bond donors (Lipinski definition) is 5. The Balaban J connectivity index is 0.00000264. The van der Waals surface area contributed by atoms with Crippen LogP contribution in [0.3, 0.4) is 0 Å². The normalized spacial score (nSPS) is 23.0. The van der Waals surface area contributed by atoms with E-state index in [0.29, 0.717) is 0 Å². The predicted molar refractivity (Wildman–Crippen MR) is 82.3 cm³/mol. The van der Waals surface area contributed by atoms with Gasteiger partial charge in [0.25, 0.3) is 5.56 Å². The molecule has 5 N–H and O–H groups in total. The highest BCUT2D eigenvalue weighted by molar-refractivity contribution is 8.93. The number of aliphatic carboxylic acids is 2. The number of H-pyrrole nitrogens is 1. The fourth-order valence-electron chi connectivity index (χ4n) is 2.76. The molecule has 23 heavy (non-hydrogen) atoms. The first-order chi connectivity index (χ1) is 10.3. The van der Waals surface area contributed by atoms with Crippen molar-refractivity contribution in [1.82, 2.24) is 10.3 Å². The molecule has 10 heteroatoms. The summed E-state index contributed by atoms with van der Waals surface area (Å²) in [6, 6.07) is 1.43. The Bertz CT molecular complexity index is 687. The van der Waals surface area contributed by atoms with Gasteiger partial charge in [-0.25, -0.2) is 4.79 Å². The van der Waals surface area contributed by atoms with Gasteiger partial charge in [-0.2, -0.15) is 0 Å². The van der Waals surface area contributed by atoms with E-state index in [2.05, 4.69) is 10.3 Å². The van der Waals surface area contributed by atoms with Gasteiger partial charge in [0.05, 0.1) is 6.42 Å². The highest BCUT2D eigenvalue weighted by Crippen LogP contribution is 2.33. The number of pyridine rings is 1. The van der Waals surface area contributed by atoms with Gasteiger partial charge in [-0.3, -0.25) is 14.4 Å². The first kappa shape index (κ1) is 18.8. The van der Waals surface area contributed by atoms with E-state index in [0.717, 1.165) is 0 Å². The average Bonchev–Trinajstić information content (AvgIpc) is 2.81. The predicted octanol–water partition coefficient (Wildman–Crippen LogP) is -0.118. The molecule has 1 aliphatic rings. The van der Waals surface area contributed by atoms with Gasteiger partial charge in [0, 0.05) is 23.9 Å². The third kappa shape index (κ3) is 3.96. The lowest BCUT2D eigenvalue weighted by atomic mass is 9.83. The Hall–Kier alpha value is -2.20. The highest BCUT2D eigenvalue weighted by atomic mass is 79.9. The van der Waals surface area contributed by atoms with Crippen molar-refractivity contribution < 1.29 is 29.7 Å². The largest absolute Gasteiger partial charge is 0.481 e. The molecule has 0 aromatic carbocycles. The number of aromatic nitrogens is 1. The van der Waals surface area contributed by atoms with Crippen molar-refractivity contribution in [2.45, 2.75) is 18.4 Å². The lowest BCUT2D eigenvalue weighted by Gasteiger charge is -2.19. The maximum absolute atomic E-state index is 12.0. The molecule has 9 nitrogen and oxygen atoms in total. The summed E-state index contributed by atoms with van der Waals surface area (Å²) in [5.41, 5.74) is -0.773. The van der Waals surface area contributed by atoms with Crippen molar-refractivity contribution in [2.75, 3.05) is 6.54 Å². The van der Waals surface area contributed by atoms with Gasteiger partial charge in [-0.15, -0.1) is 17.0 Å². The first-order valence-corrected chi connectivity index (χ1v) is 6.45. The quantitative estimate of drug-likeness (QED) is 0.465. The van der Waals surface area contributed by atoms with Gasteiger partial charge < -0.3 is 25.6 Å². The number of aromatic amines is 1. The molecule has 0 saturated carbocycles. The smallest absolute Gasteiger partial charge is 0.352 e.